The van der Waals surface area contributed by atoms with Crippen LogP contribution in [-0.4, -0.2) is 50.0 Å². The number of rotatable bonds is 7. The van der Waals surface area contributed by atoms with Gasteiger partial charge in [0.1, 0.15) is 0 Å². The molecule has 1 heterocycles. The van der Waals surface area contributed by atoms with Crippen LogP contribution in [0.1, 0.15) is 25.7 Å². The Morgan fingerprint density at radius 3 is 3.19 bits per heavy atom. The summed E-state index contributed by atoms with van der Waals surface area (Å²) < 4.78 is 5.15. The molecular formula is C11H22N2O3. The van der Waals surface area contributed by atoms with Gasteiger partial charge in [-0.2, -0.15) is 0 Å². The van der Waals surface area contributed by atoms with Crippen LogP contribution >= 0.6 is 0 Å². The molecule has 1 saturated heterocycles. The number of aliphatic hydroxyl groups is 1. The van der Waals surface area contributed by atoms with Crippen LogP contribution in [-0.2, 0) is 9.53 Å². The third-order valence-corrected chi connectivity index (χ3v) is 2.62. The molecule has 94 valence electrons. The van der Waals surface area contributed by atoms with Crippen LogP contribution < -0.4 is 10.6 Å². The zero-order valence-corrected chi connectivity index (χ0v) is 9.71. The number of amides is 1. The standard InChI is InChI=1S/C11H22N2O3/c14-6-8-16-7-2-5-12-10-3-1-4-13-11(15)9-10/h10,12,14H,1-9H2,(H,13,15). The van der Waals surface area contributed by atoms with Crippen LogP contribution in [0.2, 0.25) is 0 Å². The number of carbonyl (C=O) groups is 1. The van der Waals surface area contributed by atoms with Crippen LogP contribution in [0.4, 0.5) is 0 Å². The highest BCUT2D eigenvalue weighted by Gasteiger charge is 2.15. The molecule has 1 aliphatic rings. The molecule has 5 nitrogen and oxygen atoms in total. The van der Waals surface area contributed by atoms with Crippen molar-refractivity contribution in [3.8, 4) is 0 Å². The summed E-state index contributed by atoms with van der Waals surface area (Å²) in [6, 6.07) is 0.306. The van der Waals surface area contributed by atoms with Crippen molar-refractivity contribution in [3.05, 3.63) is 0 Å². The van der Waals surface area contributed by atoms with Gasteiger partial charge in [0, 0.05) is 25.6 Å². The van der Waals surface area contributed by atoms with Gasteiger partial charge >= 0.3 is 0 Å². The van der Waals surface area contributed by atoms with Gasteiger partial charge in [0.25, 0.3) is 0 Å². The second-order valence-electron chi connectivity index (χ2n) is 4.04. The van der Waals surface area contributed by atoms with Crippen molar-refractivity contribution in [1.82, 2.24) is 10.6 Å². The van der Waals surface area contributed by atoms with Gasteiger partial charge in [-0.1, -0.05) is 0 Å². The van der Waals surface area contributed by atoms with Crippen LogP contribution in [0.15, 0.2) is 0 Å². The zero-order chi connectivity index (χ0) is 11.6. The molecule has 0 aromatic heterocycles. The van der Waals surface area contributed by atoms with Gasteiger partial charge in [0.15, 0.2) is 0 Å². The lowest BCUT2D eigenvalue weighted by molar-refractivity contribution is -0.121. The fraction of sp³-hybridized carbons (Fsp3) is 0.909. The maximum absolute atomic E-state index is 11.3. The van der Waals surface area contributed by atoms with E-state index in [1.54, 1.807) is 0 Å². The molecule has 16 heavy (non-hydrogen) atoms. The summed E-state index contributed by atoms with van der Waals surface area (Å²) in [5.74, 6) is 0.145. The Morgan fingerprint density at radius 1 is 1.50 bits per heavy atom. The average molecular weight is 230 g/mol. The van der Waals surface area contributed by atoms with Crippen LogP contribution in [0, 0.1) is 0 Å². The van der Waals surface area contributed by atoms with E-state index in [-0.39, 0.29) is 12.5 Å². The summed E-state index contributed by atoms with van der Waals surface area (Å²) in [5.41, 5.74) is 0. The van der Waals surface area contributed by atoms with Crippen LogP contribution in [0.25, 0.3) is 0 Å². The summed E-state index contributed by atoms with van der Waals surface area (Å²) >= 11 is 0. The maximum atomic E-state index is 11.3. The number of aliphatic hydroxyl groups excluding tert-OH is 1. The monoisotopic (exact) mass is 230 g/mol. The molecule has 1 unspecified atom stereocenters. The van der Waals surface area contributed by atoms with Gasteiger partial charge in [0.05, 0.1) is 13.2 Å². The summed E-state index contributed by atoms with van der Waals surface area (Å²) in [4.78, 5) is 11.3. The number of carbonyl (C=O) groups excluding carboxylic acids is 1. The van der Waals surface area contributed by atoms with E-state index in [0.717, 1.165) is 32.4 Å². The first-order valence-electron chi connectivity index (χ1n) is 6.01. The van der Waals surface area contributed by atoms with Gasteiger partial charge < -0.3 is 20.5 Å². The molecule has 1 fully saturated rings. The van der Waals surface area contributed by atoms with E-state index in [4.69, 9.17) is 9.84 Å². The molecule has 5 heteroatoms. The van der Waals surface area contributed by atoms with Gasteiger partial charge in [-0.3, -0.25) is 4.79 Å². The summed E-state index contributed by atoms with van der Waals surface area (Å²) in [7, 11) is 0. The quantitative estimate of drug-likeness (QED) is 0.523. The van der Waals surface area contributed by atoms with Gasteiger partial charge in [-0.25, -0.2) is 0 Å². The van der Waals surface area contributed by atoms with Crippen molar-refractivity contribution < 1.29 is 14.6 Å². The summed E-state index contributed by atoms with van der Waals surface area (Å²) in [5, 5.41) is 14.7. The Kier molecular flexibility index (Phi) is 7.12. The number of nitrogens with one attached hydrogen (secondary N) is 2. The first-order chi connectivity index (χ1) is 7.83. The first-order valence-corrected chi connectivity index (χ1v) is 6.01. The lowest BCUT2D eigenvalue weighted by Gasteiger charge is -2.14. The maximum Gasteiger partial charge on any atom is 0.221 e. The van der Waals surface area contributed by atoms with Crippen molar-refractivity contribution in [2.24, 2.45) is 0 Å². The first kappa shape index (κ1) is 13.4. The Bertz CT molecular complexity index is 200. The molecule has 0 saturated carbocycles. The predicted molar refractivity (Wildman–Crippen MR) is 61.2 cm³/mol. The van der Waals surface area contributed by atoms with Crippen LogP contribution in [0.3, 0.4) is 0 Å². The Balaban J connectivity index is 2.00. The molecular weight excluding hydrogens is 208 g/mol. The van der Waals surface area contributed by atoms with E-state index in [1.165, 1.54) is 0 Å². The summed E-state index contributed by atoms with van der Waals surface area (Å²) in [6.45, 7) is 2.81. The minimum absolute atomic E-state index is 0.0796. The highest BCUT2D eigenvalue weighted by atomic mass is 16.5. The Hall–Kier alpha value is -0.650. The molecule has 3 N–H and O–H groups in total. The van der Waals surface area contributed by atoms with Crippen molar-refractivity contribution in [1.29, 1.82) is 0 Å². The Morgan fingerprint density at radius 2 is 2.38 bits per heavy atom. The number of hydrogen-bond donors (Lipinski definition) is 3. The summed E-state index contributed by atoms with van der Waals surface area (Å²) in [6.07, 6.45) is 3.59. The van der Waals surface area contributed by atoms with E-state index < -0.39 is 0 Å². The zero-order valence-electron chi connectivity index (χ0n) is 9.71. The van der Waals surface area contributed by atoms with Crippen molar-refractivity contribution in [2.45, 2.75) is 31.7 Å². The van der Waals surface area contributed by atoms with Gasteiger partial charge in [-0.15, -0.1) is 0 Å². The highest BCUT2D eigenvalue weighted by Crippen LogP contribution is 2.05. The largest absolute Gasteiger partial charge is 0.394 e. The van der Waals surface area contributed by atoms with Crippen molar-refractivity contribution in [2.75, 3.05) is 32.9 Å². The van der Waals surface area contributed by atoms with Crippen molar-refractivity contribution in [3.63, 3.8) is 0 Å². The highest BCUT2D eigenvalue weighted by molar-refractivity contribution is 5.76. The second kappa shape index (κ2) is 8.50. The van der Waals surface area contributed by atoms with E-state index in [9.17, 15) is 4.79 Å². The SMILES string of the molecule is O=C1CC(NCCCOCCO)CCCN1. The molecule has 0 aromatic rings. The molecule has 0 bridgehead atoms. The second-order valence-corrected chi connectivity index (χ2v) is 4.04. The topological polar surface area (TPSA) is 70.6 Å². The smallest absolute Gasteiger partial charge is 0.221 e. The number of ether oxygens (including phenoxy) is 1. The van der Waals surface area contributed by atoms with E-state index >= 15 is 0 Å². The Labute approximate surface area is 96.6 Å². The molecule has 1 aliphatic heterocycles. The predicted octanol–water partition coefficient (Wildman–Crippen LogP) is -0.356. The number of hydrogen-bond acceptors (Lipinski definition) is 4. The third-order valence-electron chi connectivity index (χ3n) is 2.62. The molecule has 1 rings (SSSR count). The average Bonchev–Trinajstić information content (AvgIpc) is 2.48. The molecule has 0 aromatic carbocycles. The molecule has 0 spiro atoms. The lowest BCUT2D eigenvalue weighted by Crippen LogP contribution is -2.33. The van der Waals surface area contributed by atoms with E-state index in [0.29, 0.717) is 25.7 Å². The normalized spacial score (nSPS) is 21.6. The van der Waals surface area contributed by atoms with Crippen LogP contribution in [0.5, 0.6) is 0 Å². The minimum atomic E-state index is 0.0796. The minimum Gasteiger partial charge on any atom is -0.394 e. The molecule has 1 atom stereocenters. The fourth-order valence-electron chi connectivity index (χ4n) is 1.80. The van der Waals surface area contributed by atoms with Crippen molar-refractivity contribution >= 4 is 5.91 Å². The van der Waals surface area contributed by atoms with E-state index in [1.807, 2.05) is 0 Å². The third kappa shape index (κ3) is 6.05. The molecule has 0 aliphatic carbocycles. The van der Waals surface area contributed by atoms with E-state index in [2.05, 4.69) is 10.6 Å². The lowest BCUT2D eigenvalue weighted by atomic mass is 10.1. The molecule has 1 amide bonds. The fourth-order valence-corrected chi connectivity index (χ4v) is 1.80. The van der Waals surface area contributed by atoms with Gasteiger partial charge in [0.2, 0.25) is 5.91 Å². The molecule has 0 radical (unpaired) electrons. The van der Waals surface area contributed by atoms with Gasteiger partial charge in [-0.05, 0) is 25.8 Å².